The van der Waals surface area contributed by atoms with Crippen LogP contribution in [0.15, 0.2) is 24.3 Å². The molecule has 0 aliphatic rings. The first-order chi connectivity index (χ1) is 8.69. The highest BCUT2D eigenvalue weighted by atomic mass is 16.5. The molecule has 1 rings (SSSR count). The molecule has 0 saturated carbocycles. The van der Waals surface area contributed by atoms with E-state index in [1.807, 2.05) is 25.1 Å². The zero-order valence-corrected chi connectivity index (χ0v) is 10.9. The maximum Gasteiger partial charge on any atom is 0.319 e. The summed E-state index contributed by atoms with van der Waals surface area (Å²) in [5.41, 5.74) is 6.19. The molecule has 4 N–H and O–H groups in total. The van der Waals surface area contributed by atoms with Gasteiger partial charge in [-0.3, -0.25) is 0 Å². The molecule has 0 saturated heterocycles. The van der Waals surface area contributed by atoms with E-state index in [1.54, 1.807) is 13.2 Å². The Hall–Kier alpha value is -1.75. The van der Waals surface area contributed by atoms with Gasteiger partial charge in [-0.25, -0.2) is 4.79 Å². The summed E-state index contributed by atoms with van der Waals surface area (Å²) in [6.45, 7) is 2.59. The fourth-order valence-electron chi connectivity index (χ4n) is 1.63. The molecule has 1 atom stereocenters. The molecule has 18 heavy (non-hydrogen) atoms. The van der Waals surface area contributed by atoms with E-state index in [0.29, 0.717) is 18.0 Å². The van der Waals surface area contributed by atoms with Crippen molar-refractivity contribution in [2.24, 2.45) is 5.73 Å². The molecule has 1 aromatic rings. The number of benzene rings is 1. The van der Waals surface area contributed by atoms with Crippen molar-refractivity contribution in [1.82, 2.24) is 5.32 Å². The third kappa shape index (κ3) is 4.63. The Balaban J connectivity index is 2.52. The number of hydrogen-bond acceptors (Lipinski definition) is 3. The number of hydrogen-bond donors (Lipinski definition) is 3. The zero-order chi connectivity index (χ0) is 13.4. The third-order valence-electron chi connectivity index (χ3n) is 2.67. The predicted octanol–water partition coefficient (Wildman–Crippen LogP) is 1.94. The SMILES string of the molecule is CCC(CCN)NC(=O)Nc1cccc(OC)c1. The van der Waals surface area contributed by atoms with E-state index in [2.05, 4.69) is 10.6 Å². The molecule has 0 aliphatic carbocycles. The van der Waals surface area contributed by atoms with E-state index in [1.165, 1.54) is 0 Å². The average molecular weight is 251 g/mol. The highest BCUT2D eigenvalue weighted by Crippen LogP contribution is 2.16. The molecule has 0 radical (unpaired) electrons. The number of carbonyl (C=O) groups excluding carboxylic acids is 1. The van der Waals surface area contributed by atoms with Crippen molar-refractivity contribution < 1.29 is 9.53 Å². The fourth-order valence-corrected chi connectivity index (χ4v) is 1.63. The molecule has 0 fully saturated rings. The molecule has 1 aromatic carbocycles. The molecule has 0 aliphatic heterocycles. The molecule has 0 aromatic heterocycles. The van der Waals surface area contributed by atoms with Crippen LogP contribution in [0.5, 0.6) is 5.75 Å². The summed E-state index contributed by atoms with van der Waals surface area (Å²) in [5, 5.41) is 5.65. The molecular weight excluding hydrogens is 230 g/mol. The highest BCUT2D eigenvalue weighted by Gasteiger charge is 2.09. The van der Waals surface area contributed by atoms with Gasteiger partial charge in [-0.05, 0) is 31.5 Å². The standard InChI is InChI=1S/C13H21N3O2/c1-3-10(7-8-14)15-13(17)16-11-5-4-6-12(9-11)18-2/h4-6,9-10H,3,7-8,14H2,1-2H3,(H2,15,16,17). The molecule has 1 unspecified atom stereocenters. The fraction of sp³-hybridized carbons (Fsp3) is 0.462. The summed E-state index contributed by atoms with van der Waals surface area (Å²) in [4.78, 5) is 11.8. The van der Waals surface area contributed by atoms with Gasteiger partial charge in [-0.1, -0.05) is 13.0 Å². The first-order valence-corrected chi connectivity index (χ1v) is 6.11. The van der Waals surface area contributed by atoms with Crippen molar-refractivity contribution in [2.45, 2.75) is 25.8 Å². The summed E-state index contributed by atoms with van der Waals surface area (Å²) in [7, 11) is 1.59. The van der Waals surface area contributed by atoms with Gasteiger partial charge < -0.3 is 21.1 Å². The third-order valence-corrected chi connectivity index (χ3v) is 2.67. The van der Waals surface area contributed by atoms with Crippen LogP contribution < -0.4 is 21.1 Å². The average Bonchev–Trinajstić information content (AvgIpc) is 2.38. The van der Waals surface area contributed by atoms with E-state index in [0.717, 1.165) is 12.8 Å². The molecule has 0 heterocycles. The predicted molar refractivity (Wildman–Crippen MR) is 72.9 cm³/mol. The van der Waals surface area contributed by atoms with Gasteiger partial charge >= 0.3 is 6.03 Å². The van der Waals surface area contributed by atoms with Crippen LogP contribution in [0.1, 0.15) is 19.8 Å². The zero-order valence-electron chi connectivity index (χ0n) is 10.9. The highest BCUT2D eigenvalue weighted by molar-refractivity contribution is 5.89. The molecule has 0 spiro atoms. The second kappa shape index (κ2) is 7.55. The topological polar surface area (TPSA) is 76.4 Å². The van der Waals surface area contributed by atoms with Crippen molar-refractivity contribution in [1.29, 1.82) is 0 Å². The van der Waals surface area contributed by atoms with E-state index < -0.39 is 0 Å². The first kappa shape index (κ1) is 14.3. The smallest absolute Gasteiger partial charge is 0.319 e. The Kier molecular flexibility index (Phi) is 6.00. The minimum atomic E-state index is -0.219. The van der Waals surface area contributed by atoms with Crippen molar-refractivity contribution >= 4 is 11.7 Å². The molecule has 5 nitrogen and oxygen atoms in total. The van der Waals surface area contributed by atoms with Crippen molar-refractivity contribution in [3.63, 3.8) is 0 Å². The molecular formula is C13H21N3O2. The summed E-state index contributed by atoms with van der Waals surface area (Å²) in [6, 6.07) is 7.12. The van der Waals surface area contributed by atoms with Gasteiger partial charge in [0.2, 0.25) is 0 Å². The van der Waals surface area contributed by atoms with Crippen LogP contribution in [-0.2, 0) is 0 Å². The first-order valence-electron chi connectivity index (χ1n) is 6.11. The van der Waals surface area contributed by atoms with Crippen molar-refractivity contribution in [3.05, 3.63) is 24.3 Å². The molecule has 5 heteroatoms. The number of nitrogens with two attached hydrogens (primary N) is 1. The number of carbonyl (C=O) groups is 1. The van der Waals surface area contributed by atoms with Gasteiger partial charge in [0, 0.05) is 17.8 Å². The number of rotatable bonds is 6. The Morgan fingerprint density at radius 2 is 2.28 bits per heavy atom. The van der Waals surface area contributed by atoms with Gasteiger partial charge in [0.05, 0.1) is 7.11 Å². The summed E-state index contributed by atoms with van der Waals surface area (Å²) in [5.74, 6) is 0.710. The quantitative estimate of drug-likeness (QED) is 0.723. The van der Waals surface area contributed by atoms with Gasteiger partial charge in [0.1, 0.15) is 5.75 Å². The van der Waals surface area contributed by atoms with Gasteiger partial charge in [0.25, 0.3) is 0 Å². The lowest BCUT2D eigenvalue weighted by Gasteiger charge is -2.16. The summed E-state index contributed by atoms with van der Waals surface area (Å²) >= 11 is 0. The number of amides is 2. The van der Waals surface area contributed by atoms with Crippen LogP contribution in [0, 0.1) is 0 Å². The normalized spacial score (nSPS) is 11.7. The Morgan fingerprint density at radius 1 is 1.50 bits per heavy atom. The monoisotopic (exact) mass is 251 g/mol. The van der Waals surface area contributed by atoms with Crippen LogP contribution in [0.2, 0.25) is 0 Å². The minimum Gasteiger partial charge on any atom is -0.497 e. The minimum absolute atomic E-state index is 0.112. The number of anilines is 1. The molecule has 100 valence electrons. The summed E-state index contributed by atoms with van der Waals surface area (Å²) < 4.78 is 5.09. The Labute approximate surface area is 108 Å². The molecule has 2 amide bonds. The largest absolute Gasteiger partial charge is 0.497 e. The number of nitrogens with one attached hydrogen (secondary N) is 2. The van der Waals surface area contributed by atoms with Crippen LogP contribution in [-0.4, -0.2) is 25.7 Å². The second-order valence-corrected chi connectivity index (χ2v) is 4.01. The van der Waals surface area contributed by atoms with Crippen molar-refractivity contribution in [3.8, 4) is 5.75 Å². The van der Waals surface area contributed by atoms with Crippen LogP contribution in [0.3, 0.4) is 0 Å². The van der Waals surface area contributed by atoms with Crippen LogP contribution in [0.25, 0.3) is 0 Å². The van der Waals surface area contributed by atoms with Crippen LogP contribution in [0.4, 0.5) is 10.5 Å². The molecule has 0 bridgehead atoms. The lowest BCUT2D eigenvalue weighted by molar-refractivity contribution is 0.247. The van der Waals surface area contributed by atoms with E-state index >= 15 is 0 Å². The van der Waals surface area contributed by atoms with E-state index in [4.69, 9.17) is 10.5 Å². The number of methoxy groups -OCH3 is 1. The van der Waals surface area contributed by atoms with Gasteiger partial charge in [-0.15, -0.1) is 0 Å². The summed E-state index contributed by atoms with van der Waals surface area (Å²) in [6.07, 6.45) is 1.64. The lowest BCUT2D eigenvalue weighted by Crippen LogP contribution is -2.38. The Morgan fingerprint density at radius 3 is 2.89 bits per heavy atom. The van der Waals surface area contributed by atoms with E-state index in [9.17, 15) is 4.79 Å². The lowest BCUT2D eigenvalue weighted by atomic mass is 10.1. The van der Waals surface area contributed by atoms with Crippen molar-refractivity contribution in [2.75, 3.05) is 19.0 Å². The number of ether oxygens (including phenoxy) is 1. The number of urea groups is 1. The maximum absolute atomic E-state index is 11.8. The Bertz CT molecular complexity index is 382. The van der Waals surface area contributed by atoms with Gasteiger partial charge in [0.15, 0.2) is 0 Å². The maximum atomic E-state index is 11.8. The second-order valence-electron chi connectivity index (χ2n) is 4.01. The van der Waals surface area contributed by atoms with Crippen LogP contribution >= 0.6 is 0 Å². The van der Waals surface area contributed by atoms with E-state index in [-0.39, 0.29) is 12.1 Å². The van der Waals surface area contributed by atoms with Gasteiger partial charge in [-0.2, -0.15) is 0 Å².